The second kappa shape index (κ2) is 8.59. The molecule has 9 atom stereocenters. The first-order chi connectivity index (χ1) is 10.3. The average Bonchev–Trinajstić information content (AvgIpc) is 2.75. The van der Waals surface area contributed by atoms with Gasteiger partial charge in [0.2, 0.25) is 5.79 Å². The van der Waals surface area contributed by atoms with E-state index in [4.69, 9.17) is 19.3 Å². The Balaban J connectivity index is 0.00000264. The van der Waals surface area contributed by atoms with Crippen molar-refractivity contribution in [3.8, 4) is 0 Å². The standard InChI is InChI=1S/C11H20O11.Ac/c12-1-3-4(14)8(18)11(2-13,21-3)22-10-7(17)5(15)6(16)9(19)20-10;/h3-10,12-19H,1-2H2;/t3?,4?,5-,6-,7+,8?,9-,10-,11?;/m0./s1. The second-order valence-electron chi connectivity index (χ2n) is 5.23. The molecule has 0 aromatic heterocycles. The Kier molecular flexibility index (Phi) is 8.23. The van der Waals surface area contributed by atoms with Crippen LogP contribution in [0.1, 0.15) is 0 Å². The Hall–Kier alpha value is 1.00. The van der Waals surface area contributed by atoms with E-state index in [1.807, 2.05) is 0 Å². The predicted octanol–water partition coefficient (Wildman–Crippen LogP) is -5.44. The monoisotopic (exact) mass is 555 g/mol. The van der Waals surface area contributed by atoms with Crippen LogP contribution in [0.3, 0.4) is 0 Å². The Morgan fingerprint density at radius 3 is 1.96 bits per heavy atom. The van der Waals surface area contributed by atoms with Crippen molar-refractivity contribution in [3.05, 3.63) is 0 Å². The molecule has 0 aromatic carbocycles. The molecule has 2 aliphatic heterocycles. The SMILES string of the molecule is OCC1OC(CO)(O[C@@H]2O[C@H](O)[C@@H](O)[C@H](O)[C@H]2O)C(O)C1O.[Ac]. The third-order valence-electron chi connectivity index (χ3n) is 3.77. The van der Waals surface area contributed by atoms with Crippen molar-refractivity contribution in [2.75, 3.05) is 13.2 Å². The summed E-state index contributed by atoms with van der Waals surface area (Å²) in [5.74, 6) is -2.25. The van der Waals surface area contributed by atoms with Crippen molar-refractivity contribution >= 4 is 0 Å². The van der Waals surface area contributed by atoms with Crippen LogP contribution in [0.2, 0.25) is 0 Å². The molecule has 2 rings (SSSR count). The van der Waals surface area contributed by atoms with E-state index < -0.39 is 68.2 Å². The van der Waals surface area contributed by atoms with Gasteiger partial charge in [0.25, 0.3) is 0 Å². The molecule has 1 radical (unpaired) electrons. The number of hydrogen-bond acceptors (Lipinski definition) is 11. The minimum absolute atomic E-state index is 0. The first kappa shape index (κ1) is 22.0. The molecule has 4 unspecified atom stereocenters. The van der Waals surface area contributed by atoms with Crippen LogP contribution in [0.25, 0.3) is 0 Å². The molecular weight excluding hydrogens is 535 g/mol. The zero-order valence-corrected chi connectivity index (χ0v) is 16.7. The van der Waals surface area contributed by atoms with Crippen molar-refractivity contribution in [1.29, 1.82) is 0 Å². The van der Waals surface area contributed by atoms with E-state index in [1.54, 1.807) is 0 Å². The fourth-order valence-electron chi connectivity index (χ4n) is 2.39. The molecule has 0 amide bonds. The largest absolute Gasteiger partial charge is 0.394 e. The summed E-state index contributed by atoms with van der Waals surface area (Å²) < 4.78 is 14.9. The van der Waals surface area contributed by atoms with E-state index in [-0.39, 0.29) is 44.1 Å². The van der Waals surface area contributed by atoms with Gasteiger partial charge in [0, 0.05) is 44.1 Å². The summed E-state index contributed by atoms with van der Waals surface area (Å²) in [7, 11) is 0. The maximum absolute atomic E-state index is 9.93. The molecule has 0 bridgehead atoms. The Morgan fingerprint density at radius 1 is 0.870 bits per heavy atom. The van der Waals surface area contributed by atoms with Gasteiger partial charge in [-0.05, 0) is 0 Å². The van der Waals surface area contributed by atoms with Crippen LogP contribution >= 0.6 is 0 Å². The van der Waals surface area contributed by atoms with Gasteiger partial charge in [-0.2, -0.15) is 0 Å². The van der Waals surface area contributed by atoms with Crippen LogP contribution in [0.15, 0.2) is 0 Å². The topological polar surface area (TPSA) is 190 Å². The van der Waals surface area contributed by atoms with Crippen molar-refractivity contribution < 1.29 is 99.1 Å². The average molecular weight is 555 g/mol. The van der Waals surface area contributed by atoms with Gasteiger partial charge >= 0.3 is 0 Å². The normalized spacial score (nSPS) is 50.6. The van der Waals surface area contributed by atoms with Gasteiger partial charge in [-0.1, -0.05) is 0 Å². The summed E-state index contributed by atoms with van der Waals surface area (Å²) in [6.07, 6.45) is -13.8. The molecule has 11 nitrogen and oxygen atoms in total. The van der Waals surface area contributed by atoms with Crippen molar-refractivity contribution in [1.82, 2.24) is 0 Å². The maximum Gasteiger partial charge on any atom is 0.224 e. The minimum atomic E-state index is -2.25. The third kappa shape index (κ3) is 4.06. The van der Waals surface area contributed by atoms with Crippen LogP contribution < -0.4 is 0 Å². The molecule has 0 spiro atoms. The zero-order chi connectivity index (χ0) is 16.7. The van der Waals surface area contributed by atoms with Gasteiger partial charge in [0.05, 0.1) is 6.61 Å². The van der Waals surface area contributed by atoms with Gasteiger partial charge < -0.3 is 55.1 Å². The van der Waals surface area contributed by atoms with Crippen LogP contribution in [0, 0.1) is 44.1 Å². The van der Waals surface area contributed by atoms with E-state index >= 15 is 0 Å². The van der Waals surface area contributed by atoms with Crippen LogP contribution in [-0.4, -0.2) is 109 Å². The molecule has 8 N–H and O–H groups in total. The molecule has 2 fully saturated rings. The summed E-state index contributed by atoms with van der Waals surface area (Å²) >= 11 is 0. The first-order valence-electron chi connectivity index (χ1n) is 6.58. The molecular formula is C11H20AcO11. The molecule has 2 aliphatic rings. The van der Waals surface area contributed by atoms with Gasteiger partial charge in [0.15, 0.2) is 12.6 Å². The second-order valence-corrected chi connectivity index (χ2v) is 5.23. The van der Waals surface area contributed by atoms with Crippen molar-refractivity contribution in [3.63, 3.8) is 0 Å². The summed E-state index contributed by atoms with van der Waals surface area (Å²) in [4.78, 5) is 0. The number of hydrogen-bond donors (Lipinski definition) is 8. The molecule has 2 heterocycles. The molecule has 0 aliphatic carbocycles. The fourth-order valence-corrected chi connectivity index (χ4v) is 2.39. The molecule has 2 saturated heterocycles. The first-order valence-corrected chi connectivity index (χ1v) is 6.58. The van der Waals surface area contributed by atoms with E-state index in [1.165, 1.54) is 0 Å². The van der Waals surface area contributed by atoms with E-state index in [0.717, 1.165) is 0 Å². The van der Waals surface area contributed by atoms with Gasteiger partial charge in [0.1, 0.15) is 43.2 Å². The van der Waals surface area contributed by atoms with E-state index in [2.05, 4.69) is 0 Å². The Bertz CT molecular complexity index is 387. The minimum Gasteiger partial charge on any atom is -0.394 e. The molecule has 12 heteroatoms. The van der Waals surface area contributed by atoms with Crippen LogP contribution in [-0.2, 0) is 14.2 Å². The summed E-state index contributed by atoms with van der Waals surface area (Å²) in [6.45, 7) is -1.66. The molecule has 23 heavy (non-hydrogen) atoms. The van der Waals surface area contributed by atoms with Gasteiger partial charge in [-0.25, -0.2) is 0 Å². The quantitative estimate of drug-likeness (QED) is 0.165. The van der Waals surface area contributed by atoms with E-state index in [0.29, 0.717) is 0 Å². The number of ether oxygens (including phenoxy) is 3. The number of aliphatic hydroxyl groups is 8. The predicted molar refractivity (Wildman–Crippen MR) is 63.8 cm³/mol. The van der Waals surface area contributed by atoms with Crippen LogP contribution in [0.4, 0.5) is 0 Å². The molecule has 133 valence electrons. The Labute approximate surface area is 166 Å². The van der Waals surface area contributed by atoms with Gasteiger partial charge in [-0.3, -0.25) is 0 Å². The van der Waals surface area contributed by atoms with Gasteiger partial charge in [-0.15, -0.1) is 0 Å². The molecule has 0 aromatic rings. The van der Waals surface area contributed by atoms with Crippen LogP contribution in [0.5, 0.6) is 0 Å². The zero-order valence-electron chi connectivity index (χ0n) is 11.9. The number of aliphatic hydroxyl groups excluding tert-OH is 8. The fraction of sp³-hybridized carbons (Fsp3) is 1.00. The maximum atomic E-state index is 9.93. The van der Waals surface area contributed by atoms with Crippen molar-refractivity contribution in [2.45, 2.75) is 55.0 Å². The number of rotatable bonds is 4. The van der Waals surface area contributed by atoms with E-state index in [9.17, 15) is 35.7 Å². The summed E-state index contributed by atoms with van der Waals surface area (Å²) in [6, 6.07) is 0. The summed E-state index contributed by atoms with van der Waals surface area (Å²) in [5, 5.41) is 76.1. The summed E-state index contributed by atoms with van der Waals surface area (Å²) in [5.41, 5.74) is 0. The van der Waals surface area contributed by atoms with Crippen molar-refractivity contribution in [2.24, 2.45) is 0 Å². The third-order valence-corrected chi connectivity index (χ3v) is 3.77. The molecule has 0 saturated carbocycles. The Morgan fingerprint density at radius 2 is 1.48 bits per heavy atom. The smallest absolute Gasteiger partial charge is 0.224 e.